The van der Waals surface area contributed by atoms with E-state index in [4.69, 9.17) is 14.2 Å². The fourth-order valence-corrected chi connectivity index (χ4v) is 7.49. The molecule has 1 unspecified atom stereocenters. The van der Waals surface area contributed by atoms with E-state index in [0.29, 0.717) is 30.6 Å². The third kappa shape index (κ3) is 3.93. The van der Waals surface area contributed by atoms with E-state index in [1.54, 1.807) is 19.2 Å². The molecule has 1 N–H and O–H groups in total. The van der Waals surface area contributed by atoms with Gasteiger partial charge in [-0.25, -0.2) is 8.42 Å². The number of anilines is 1. The Hall–Kier alpha value is -2.10. The highest BCUT2D eigenvalue weighted by atomic mass is 32.2. The molecule has 2 aromatic rings. The second-order valence-corrected chi connectivity index (χ2v) is 11.0. The molecule has 2 saturated heterocycles. The first-order chi connectivity index (χ1) is 14.4. The fraction of sp³-hybridized carbons (Fsp3) is 0.429. The summed E-state index contributed by atoms with van der Waals surface area (Å²) in [4.78, 5) is 0.148. The van der Waals surface area contributed by atoms with Gasteiger partial charge in [-0.05, 0) is 42.8 Å². The van der Waals surface area contributed by atoms with E-state index < -0.39 is 10.0 Å². The number of methoxy groups -OCH3 is 3. The number of sulfonamides is 1. The van der Waals surface area contributed by atoms with Crippen molar-refractivity contribution in [3.05, 3.63) is 42.5 Å². The predicted molar refractivity (Wildman–Crippen MR) is 119 cm³/mol. The van der Waals surface area contributed by atoms with E-state index in [-0.39, 0.29) is 9.64 Å². The molecule has 2 aromatic carbocycles. The van der Waals surface area contributed by atoms with Gasteiger partial charge in [-0.2, -0.15) is 16.1 Å². The molecule has 0 radical (unpaired) electrons. The van der Waals surface area contributed by atoms with Gasteiger partial charge in [0, 0.05) is 41.4 Å². The van der Waals surface area contributed by atoms with Gasteiger partial charge in [-0.3, -0.25) is 0 Å². The Morgan fingerprint density at radius 2 is 1.67 bits per heavy atom. The summed E-state index contributed by atoms with van der Waals surface area (Å²) in [5.41, 5.74) is 1.04. The number of nitrogens with zero attached hydrogens (tertiary/aromatic N) is 1. The monoisotopic (exact) mass is 450 g/mol. The van der Waals surface area contributed by atoms with Crippen molar-refractivity contribution in [3.8, 4) is 17.2 Å². The molecule has 162 valence electrons. The molecule has 0 amide bonds. The van der Waals surface area contributed by atoms with Crippen molar-refractivity contribution in [2.75, 3.05) is 45.5 Å². The number of hydrogen-bond acceptors (Lipinski definition) is 7. The highest BCUT2D eigenvalue weighted by Crippen LogP contribution is 2.48. The molecule has 0 aliphatic carbocycles. The van der Waals surface area contributed by atoms with Crippen LogP contribution in [0.5, 0.6) is 17.2 Å². The molecule has 30 heavy (non-hydrogen) atoms. The molecule has 2 heterocycles. The van der Waals surface area contributed by atoms with Crippen LogP contribution in [-0.4, -0.2) is 63.7 Å². The topological polar surface area (TPSA) is 77.1 Å². The SMILES string of the molecule is COc1ccc(NC2CSC3(C2)CN(S(=O)(=O)c2cc(OC)ccc2OC)C3)cc1. The zero-order valence-corrected chi connectivity index (χ0v) is 18.9. The molecule has 1 spiro atoms. The van der Waals surface area contributed by atoms with E-state index in [1.165, 1.54) is 24.6 Å². The van der Waals surface area contributed by atoms with Gasteiger partial charge in [0.1, 0.15) is 22.1 Å². The molecule has 7 nitrogen and oxygen atoms in total. The van der Waals surface area contributed by atoms with E-state index >= 15 is 0 Å². The largest absolute Gasteiger partial charge is 0.497 e. The van der Waals surface area contributed by atoms with Crippen molar-refractivity contribution >= 4 is 27.5 Å². The standard InChI is InChI=1S/C21H26N2O5S2/c1-26-17-6-4-15(5-7-17)22-16-11-21(29-12-16)13-23(14-21)30(24,25)20-10-18(27-2)8-9-19(20)28-3/h4-10,16,22H,11-14H2,1-3H3. The van der Waals surface area contributed by atoms with Crippen molar-refractivity contribution < 1.29 is 22.6 Å². The summed E-state index contributed by atoms with van der Waals surface area (Å²) in [6, 6.07) is 13.0. The van der Waals surface area contributed by atoms with Crippen molar-refractivity contribution in [2.24, 2.45) is 0 Å². The summed E-state index contributed by atoms with van der Waals surface area (Å²) in [5.74, 6) is 2.59. The van der Waals surface area contributed by atoms with Crippen LogP contribution in [0.3, 0.4) is 0 Å². The van der Waals surface area contributed by atoms with E-state index in [2.05, 4.69) is 5.32 Å². The van der Waals surface area contributed by atoms with Gasteiger partial charge < -0.3 is 19.5 Å². The fourth-order valence-electron chi connectivity index (χ4n) is 3.97. The average molecular weight is 451 g/mol. The van der Waals surface area contributed by atoms with Crippen LogP contribution >= 0.6 is 11.8 Å². The molecule has 2 fully saturated rings. The number of benzene rings is 2. The predicted octanol–water partition coefficient (Wildman–Crippen LogP) is 3.07. The minimum atomic E-state index is -3.64. The van der Waals surface area contributed by atoms with Crippen LogP contribution in [0, 0.1) is 0 Å². The van der Waals surface area contributed by atoms with E-state index in [9.17, 15) is 8.42 Å². The first kappa shape index (κ1) is 21.1. The van der Waals surface area contributed by atoms with E-state index in [1.807, 2.05) is 36.0 Å². The normalized spacial score (nSPS) is 20.6. The van der Waals surface area contributed by atoms with E-state index in [0.717, 1.165) is 23.6 Å². The Morgan fingerprint density at radius 1 is 1.00 bits per heavy atom. The summed E-state index contributed by atoms with van der Waals surface area (Å²) >= 11 is 1.85. The van der Waals surface area contributed by atoms with Crippen molar-refractivity contribution in [2.45, 2.75) is 22.1 Å². The Bertz CT molecular complexity index is 1000. The zero-order chi connectivity index (χ0) is 21.4. The number of rotatable bonds is 7. The van der Waals surface area contributed by atoms with Crippen molar-refractivity contribution in [1.82, 2.24) is 4.31 Å². The Balaban J connectivity index is 1.41. The van der Waals surface area contributed by atoms with Gasteiger partial charge >= 0.3 is 0 Å². The highest BCUT2D eigenvalue weighted by molar-refractivity contribution is 8.01. The number of hydrogen-bond donors (Lipinski definition) is 1. The molecule has 0 aromatic heterocycles. The third-order valence-corrected chi connectivity index (χ3v) is 9.01. The number of ether oxygens (including phenoxy) is 3. The lowest BCUT2D eigenvalue weighted by atomic mass is 9.94. The van der Waals surface area contributed by atoms with Gasteiger partial charge in [0.05, 0.1) is 21.3 Å². The van der Waals surface area contributed by atoms with Gasteiger partial charge in [-0.15, -0.1) is 0 Å². The maximum absolute atomic E-state index is 13.2. The van der Waals surface area contributed by atoms with Crippen molar-refractivity contribution in [1.29, 1.82) is 0 Å². The molecule has 4 rings (SSSR count). The molecule has 0 bridgehead atoms. The molecule has 9 heteroatoms. The quantitative estimate of drug-likeness (QED) is 0.695. The van der Waals surface area contributed by atoms with Gasteiger partial charge in [0.2, 0.25) is 10.0 Å². The minimum Gasteiger partial charge on any atom is -0.497 e. The summed E-state index contributed by atoms with van der Waals surface area (Å²) in [7, 11) is 0.994. The second kappa shape index (κ2) is 8.20. The van der Waals surface area contributed by atoms with Crippen molar-refractivity contribution in [3.63, 3.8) is 0 Å². The van der Waals surface area contributed by atoms with Gasteiger partial charge in [0.15, 0.2) is 0 Å². The van der Waals surface area contributed by atoms with Crippen LogP contribution in [0.1, 0.15) is 6.42 Å². The minimum absolute atomic E-state index is 0.0384. The molecule has 0 saturated carbocycles. The lowest BCUT2D eigenvalue weighted by Crippen LogP contribution is -2.60. The lowest BCUT2D eigenvalue weighted by Gasteiger charge is -2.46. The molecule has 2 aliphatic rings. The maximum Gasteiger partial charge on any atom is 0.246 e. The smallest absolute Gasteiger partial charge is 0.246 e. The average Bonchev–Trinajstić information content (AvgIpc) is 3.17. The Labute approximate surface area is 181 Å². The molecular formula is C21H26N2O5S2. The summed E-state index contributed by atoms with van der Waals surface area (Å²) in [6.45, 7) is 1.00. The maximum atomic E-state index is 13.2. The Kier molecular flexibility index (Phi) is 5.78. The molecule has 2 aliphatic heterocycles. The van der Waals surface area contributed by atoms with Gasteiger partial charge in [0.25, 0.3) is 0 Å². The molecule has 1 atom stereocenters. The Morgan fingerprint density at radius 3 is 2.30 bits per heavy atom. The van der Waals surface area contributed by atoms with Crippen LogP contribution in [0.25, 0.3) is 0 Å². The highest BCUT2D eigenvalue weighted by Gasteiger charge is 2.53. The summed E-state index contributed by atoms with van der Waals surface area (Å²) in [5, 5.41) is 3.55. The number of thioether (sulfide) groups is 1. The van der Waals surface area contributed by atoms with Crippen LogP contribution in [0.15, 0.2) is 47.4 Å². The first-order valence-corrected chi connectivity index (χ1v) is 12.1. The van der Waals surface area contributed by atoms with Crippen LogP contribution in [0.4, 0.5) is 5.69 Å². The second-order valence-electron chi connectivity index (χ2n) is 7.56. The first-order valence-electron chi connectivity index (χ1n) is 9.66. The molecular weight excluding hydrogens is 424 g/mol. The summed E-state index contributed by atoms with van der Waals surface area (Å²) < 4.78 is 43.6. The van der Waals surface area contributed by atoms with Crippen LogP contribution in [-0.2, 0) is 10.0 Å². The lowest BCUT2D eigenvalue weighted by molar-refractivity contribution is 0.225. The van der Waals surface area contributed by atoms with Gasteiger partial charge in [-0.1, -0.05) is 0 Å². The van der Waals surface area contributed by atoms with Crippen LogP contribution in [0.2, 0.25) is 0 Å². The zero-order valence-electron chi connectivity index (χ0n) is 17.3. The number of nitrogens with one attached hydrogen (secondary N) is 1. The summed E-state index contributed by atoms with van der Waals surface area (Å²) in [6.07, 6.45) is 0.922. The third-order valence-electron chi connectivity index (χ3n) is 5.59. The van der Waals surface area contributed by atoms with Crippen LogP contribution < -0.4 is 19.5 Å².